The van der Waals surface area contributed by atoms with E-state index in [1.165, 1.54) is 13.3 Å². The lowest BCUT2D eigenvalue weighted by molar-refractivity contribution is 0.0996. The molecule has 0 aliphatic rings. The van der Waals surface area contributed by atoms with E-state index in [4.69, 9.17) is 22.1 Å². The number of hydrogen-bond donors (Lipinski definition) is 1. The SMILES string of the molecule is COc1nc(-c2c(C)cccc2Cl)ncc1C(N)=O. The number of halogens is 1. The molecule has 0 fully saturated rings. The van der Waals surface area contributed by atoms with E-state index in [1.54, 1.807) is 6.07 Å². The number of hydrogen-bond acceptors (Lipinski definition) is 4. The highest BCUT2D eigenvalue weighted by Crippen LogP contribution is 2.29. The first kappa shape index (κ1) is 13.3. The van der Waals surface area contributed by atoms with Crippen LogP contribution in [0.15, 0.2) is 24.4 Å². The summed E-state index contributed by atoms with van der Waals surface area (Å²) in [5.41, 5.74) is 6.99. The summed E-state index contributed by atoms with van der Waals surface area (Å²) in [4.78, 5) is 19.5. The van der Waals surface area contributed by atoms with Gasteiger partial charge in [0.15, 0.2) is 5.82 Å². The van der Waals surface area contributed by atoms with E-state index in [0.29, 0.717) is 16.4 Å². The monoisotopic (exact) mass is 277 g/mol. The van der Waals surface area contributed by atoms with Crippen LogP contribution >= 0.6 is 11.6 Å². The Labute approximate surface area is 115 Å². The first-order chi connectivity index (χ1) is 9.04. The Kier molecular flexibility index (Phi) is 3.66. The van der Waals surface area contributed by atoms with E-state index in [1.807, 2.05) is 19.1 Å². The molecular weight excluding hydrogens is 266 g/mol. The maximum atomic E-state index is 11.2. The molecule has 2 N–H and O–H groups in total. The van der Waals surface area contributed by atoms with Gasteiger partial charge in [0.2, 0.25) is 5.88 Å². The number of methoxy groups -OCH3 is 1. The van der Waals surface area contributed by atoms with Gasteiger partial charge in [0, 0.05) is 11.8 Å². The minimum absolute atomic E-state index is 0.135. The number of amides is 1. The van der Waals surface area contributed by atoms with Crippen molar-refractivity contribution >= 4 is 17.5 Å². The normalized spacial score (nSPS) is 10.3. The number of ether oxygens (including phenoxy) is 1. The Hall–Kier alpha value is -2.14. The van der Waals surface area contributed by atoms with Crippen molar-refractivity contribution in [2.45, 2.75) is 6.92 Å². The van der Waals surface area contributed by atoms with Gasteiger partial charge in [-0.2, -0.15) is 4.98 Å². The van der Waals surface area contributed by atoms with Crippen molar-refractivity contribution < 1.29 is 9.53 Å². The predicted octanol–water partition coefficient (Wildman–Crippen LogP) is 2.21. The smallest absolute Gasteiger partial charge is 0.255 e. The molecule has 1 aromatic carbocycles. The topological polar surface area (TPSA) is 78.1 Å². The maximum Gasteiger partial charge on any atom is 0.255 e. The molecule has 0 aliphatic carbocycles. The molecule has 0 saturated heterocycles. The van der Waals surface area contributed by atoms with E-state index in [9.17, 15) is 4.79 Å². The third-order valence-electron chi connectivity index (χ3n) is 2.66. The Bertz CT molecular complexity index is 624. The van der Waals surface area contributed by atoms with Crippen LogP contribution < -0.4 is 10.5 Å². The lowest BCUT2D eigenvalue weighted by atomic mass is 10.1. The summed E-state index contributed by atoms with van der Waals surface area (Å²) in [6.07, 6.45) is 1.34. The molecule has 1 aromatic heterocycles. The number of aryl methyl sites for hydroxylation is 1. The van der Waals surface area contributed by atoms with Gasteiger partial charge >= 0.3 is 0 Å². The molecule has 2 rings (SSSR count). The van der Waals surface area contributed by atoms with Crippen LogP contribution in [0, 0.1) is 6.92 Å². The largest absolute Gasteiger partial charge is 0.480 e. The third kappa shape index (κ3) is 2.51. The summed E-state index contributed by atoms with van der Waals surface area (Å²) in [6.45, 7) is 1.90. The number of nitrogens with two attached hydrogens (primary N) is 1. The zero-order valence-corrected chi connectivity index (χ0v) is 11.2. The molecule has 0 unspecified atom stereocenters. The van der Waals surface area contributed by atoms with Crippen LogP contribution in [0.4, 0.5) is 0 Å². The van der Waals surface area contributed by atoms with Gasteiger partial charge in [-0.3, -0.25) is 4.79 Å². The van der Waals surface area contributed by atoms with Gasteiger partial charge in [-0.05, 0) is 18.6 Å². The van der Waals surface area contributed by atoms with Crippen LogP contribution in [-0.2, 0) is 0 Å². The molecule has 1 amide bonds. The van der Waals surface area contributed by atoms with Crippen LogP contribution in [0.2, 0.25) is 5.02 Å². The Morgan fingerprint density at radius 3 is 2.74 bits per heavy atom. The van der Waals surface area contributed by atoms with Crippen molar-refractivity contribution in [3.05, 3.63) is 40.5 Å². The first-order valence-electron chi connectivity index (χ1n) is 5.51. The highest BCUT2D eigenvalue weighted by atomic mass is 35.5. The zero-order chi connectivity index (χ0) is 14.0. The molecule has 98 valence electrons. The van der Waals surface area contributed by atoms with Crippen LogP contribution in [0.25, 0.3) is 11.4 Å². The molecule has 19 heavy (non-hydrogen) atoms. The van der Waals surface area contributed by atoms with Gasteiger partial charge in [0.05, 0.1) is 12.1 Å². The quantitative estimate of drug-likeness (QED) is 0.933. The van der Waals surface area contributed by atoms with E-state index in [-0.39, 0.29) is 11.4 Å². The Morgan fingerprint density at radius 1 is 1.42 bits per heavy atom. The second kappa shape index (κ2) is 5.24. The van der Waals surface area contributed by atoms with E-state index < -0.39 is 5.91 Å². The minimum Gasteiger partial charge on any atom is -0.480 e. The molecule has 0 bridgehead atoms. The maximum absolute atomic E-state index is 11.2. The summed E-state index contributed by atoms with van der Waals surface area (Å²) < 4.78 is 5.05. The Balaban J connectivity index is 2.61. The molecule has 0 spiro atoms. The van der Waals surface area contributed by atoms with Crippen LogP contribution in [-0.4, -0.2) is 23.0 Å². The summed E-state index contributed by atoms with van der Waals surface area (Å²) in [6, 6.07) is 5.50. The molecule has 0 atom stereocenters. The van der Waals surface area contributed by atoms with Crippen LogP contribution in [0.5, 0.6) is 5.88 Å². The van der Waals surface area contributed by atoms with E-state index in [2.05, 4.69) is 9.97 Å². The van der Waals surface area contributed by atoms with Gasteiger partial charge in [-0.1, -0.05) is 23.7 Å². The van der Waals surface area contributed by atoms with Crippen LogP contribution in [0.1, 0.15) is 15.9 Å². The van der Waals surface area contributed by atoms with Gasteiger partial charge in [-0.25, -0.2) is 4.98 Å². The molecule has 0 radical (unpaired) electrons. The number of primary amides is 1. The first-order valence-corrected chi connectivity index (χ1v) is 5.88. The van der Waals surface area contributed by atoms with E-state index >= 15 is 0 Å². The van der Waals surface area contributed by atoms with Crippen molar-refractivity contribution in [2.75, 3.05) is 7.11 Å². The highest BCUT2D eigenvalue weighted by molar-refractivity contribution is 6.33. The molecule has 5 nitrogen and oxygen atoms in total. The summed E-state index contributed by atoms with van der Waals surface area (Å²) in [7, 11) is 1.41. The minimum atomic E-state index is -0.640. The molecule has 0 saturated carbocycles. The number of aromatic nitrogens is 2. The third-order valence-corrected chi connectivity index (χ3v) is 2.97. The average molecular weight is 278 g/mol. The summed E-state index contributed by atoms with van der Waals surface area (Å²) in [5, 5.41) is 0.536. The van der Waals surface area contributed by atoms with Crippen molar-refractivity contribution in [2.24, 2.45) is 5.73 Å². The molecule has 0 aliphatic heterocycles. The number of rotatable bonds is 3. The average Bonchev–Trinajstić information content (AvgIpc) is 2.38. The van der Waals surface area contributed by atoms with Gasteiger partial charge < -0.3 is 10.5 Å². The number of benzene rings is 1. The fourth-order valence-electron chi connectivity index (χ4n) is 1.73. The Morgan fingerprint density at radius 2 is 2.16 bits per heavy atom. The fourth-order valence-corrected chi connectivity index (χ4v) is 2.03. The van der Waals surface area contributed by atoms with Crippen molar-refractivity contribution in [3.63, 3.8) is 0 Å². The second-order valence-electron chi connectivity index (χ2n) is 3.91. The van der Waals surface area contributed by atoms with E-state index in [0.717, 1.165) is 5.56 Å². The van der Waals surface area contributed by atoms with Crippen molar-refractivity contribution in [1.82, 2.24) is 9.97 Å². The zero-order valence-electron chi connectivity index (χ0n) is 10.5. The van der Waals surface area contributed by atoms with Gasteiger partial charge in [0.1, 0.15) is 5.56 Å². The lowest BCUT2D eigenvalue weighted by Gasteiger charge is -2.09. The number of nitrogens with zero attached hydrogens (tertiary/aromatic N) is 2. The van der Waals surface area contributed by atoms with Crippen molar-refractivity contribution in [1.29, 1.82) is 0 Å². The van der Waals surface area contributed by atoms with Crippen molar-refractivity contribution in [3.8, 4) is 17.3 Å². The summed E-state index contributed by atoms with van der Waals surface area (Å²) in [5.74, 6) is -0.110. The number of carbonyl (C=O) groups excluding carboxylic acids is 1. The molecule has 6 heteroatoms. The second-order valence-corrected chi connectivity index (χ2v) is 4.32. The standard InChI is InChI=1S/C13H12ClN3O2/c1-7-4-3-5-9(14)10(7)12-16-6-8(11(15)18)13(17-12)19-2/h3-6H,1-2H3,(H2,15,18). The van der Waals surface area contributed by atoms with Gasteiger partial charge in [0.25, 0.3) is 5.91 Å². The molecule has 2 aromatic rings. The molecule has 1 heterocycles. The van der Waals surface area contributed by atoms with Crippen LogP contribution in [0.3, 0.4) is 0 Å². The number of carbonyl (C=O) groups is 1. The summed E-state index contributed by atoms with van der Waals surface area (Å²) >= 11 is 6.15. The highest BCUT2D eigenvalue weighted by Gasteiger charge is 2.16. The van der Waals surface area contributed by atoms with Gasteiger partial charge in [-0.15, -0.1) is 0 Å². The molecular formula is C13H12ClN3O2. The fraction of sp³-hybridized carbons (Fsp3) is 0.154. The predicted molar refractivity (Wildman–Crippen MR) is 72.3 cm³/mol. The lowest BCUT2D eigenvalue weighted by Crippen LogP contribution is -2.14.